The fourth-order valence-electron chi connectivity index (χ4n) is 2.11. The zero-order chi connectivity index (χ0) is 12.4. The minimum Gasteiger partial charge on any atom is -0.481 e. The van der Waals surface area contributed by atoms with Gasteiger partial charge in [-0.1, -0.05) is 0 Å². The van der Waals surface area contributed by atoms with E-state index in [4.69, 9.17) is 5.11 Å². The Kier molecular flexibility index (Phi) is 3.42. The van der Waals surface area contributed by atoms with Gasteiger partial charge in [0.2, 0.25) is 0 Å². The molecule has 2 atom stereocenters. The van der Waals surface area contributed by atoms with Crippen molar-refractivity contribution in [2.45, 2.75) is 32.2 Å². The summed E-state index contributed by atoms with van der Waals surface area (Å²) in [6, 6.07) is -0.0231. The zero-order valence-corrected chi connectivity index (χ0v) is 10.3. The van der Waals surface area contributed by atoms with Crippen molar-refractivity contribution in [3.63, 3.8) is 0 Å². The van der Waals surface area contributed by atoms with Crippen molar-refractivity contribution in [2.75, 3.05) is 0 Å². The molecular weight excluding hydrogens is 240 g/mol. The average molecular weight is 254 g/mol. The molecule has 2 rings (SSSR count). The number of amides is 1. The SMILES string of the molecule is Cc1ncsc1C(=O)N[C@@H]1CC[C@H](C(=O)O)C1. The van der Waals surface area contributed by atoms with E-state index in [-0.39, 0.29) is 17.9 Å². The van der Waals surface area contributed by atoms with E-state index in [1.165, 1.54) is 11.3 Å². The molecular formula is C11H14N2O3S. The number of carboxylic acid groups (broad SMARTS) is 1. The second-order valence-electron chi connectivity index (χ2n) is 4.29. The molecule has 1 aromatic rings. The summed E-state index contributed by atoms with van der Waals surface area (Å²) in [4.78, 5) is 27.3. The van der Waals surface area contributed by atoms with Crippen LogP contribution in [-0.2, 0) is 4.79 Å². The predicted octanol–water partition coefficient (Wildman–Crippen LogP) is 1.43. The normalized spacial score (nSPS) is 23.6. The molecule has 1 fully saturated rings. The summed E-state index contributed by atoms with van der Waals surface area (Å²) in [7, 11) is 0. The van der Waals surface area contributed by atoms with Crippen molar-refractivity contribution >= 4 is 23.2 Å². The van der Waals surface area contributed by atoms with Crippen LogP contribution in [0, 0.1) is 12.8 Å². The van der Waals surface area contributed by atoms with Gasteiger partial charge in [-0.25, -0.2) is 4.98 Å². The summed E-state index contributed by atoms with van der Waals surface area (Å²) >= 11 is 1.31. The minimum atomic E-state index is -0.768. The molecule has 1 heterocycles. The van der Waals surface area contributed by atoms with Gasteiger partial charge in [0, 0.05) is 6.04 Å². The third-order valence-electron chi connectivity index (χ3n) is 3.07. The Morgan fingerprint density at radius 1 is 1.53 bits per heavy atom. The molecule has 1 saturated carbocycles. The molecule has 0 spiro atoms. The minimum absolute atomic E-state index is 0.0231. The highest BCUT2D eigenvalue weighted by Crippen LogP contribution is 2.26. The number of thiazole rings is 1. The van der Waals surface area contributed by atoms with Crippen LogP contribution in [0.3, 0.4) is 0 Å². The maximum absolute atomic E-state index is 11.9. The van der Waals surface area contributed by atoms with Gasteiger partial charge in [-0.2, -0.15) is 0 Å². The summed E-state index contributed by atoms with van der Waals surface area (Å²) in [5, 5.41) is 11.7. The van der Waals surface area contributed by atoms with Crippen molar-refractivity contribution in [1.29, 1.82) is 0 Å². The van der Waals surface area contributed by atoms with Gasteiger partial charge in [0.15, 0.2) is 0 Å². The number of hydrogen-bond donors (Lipinski definition) is 2. The lowest BCUT2D eigenvalue weighted by molar-refractivity contribution is -0.141. The van der Waals surface area contributed by atoms with Crippen molar-refractivity contribution in [1.82, 2.24) is 10.3 Å². The average Bonchev–Trinajstić information content (AvgIpc) is 2.86. The van der Waals surface area contributed by atoms with Gasteiger partial charge in [-0.3, -0.25) is 9.59 Å². The smallest absolute Gasteiger partial charge is 0.306 e. The molecule has 0 aliphatic heterocycles. The number of aliphatic carboxylic acids is 1. The lowest BCUT2D eigenvalue weighted by Crippen LogP contribution is -2.33. The van der Waals surface area contributed by atoms with Crippen molar-refractivity contribution < 1.29 is 14.7 Å². The van der Waals surface area contributed by atoms with E-state index in [1.807, 2.05) is 0 Å². The topological polar surface area (TPSA) is 79.3 Å². The van der Waals surface area contributed by atoms with Crippen LogP contribution in [-0.4, -0.2) is 28.0 Å². The molecule has 17 heavy (non-hydrogen) atoms. The number of aromatic nitrogens is 1. The first kappa shape index (κ1) is 12.0. The second-order valence-corrected chi connectivity index (χ2v) is 5.14. The molecule has 0 unspecified atom stereocenters. The Bertz CT molecular complexity index is 444. The summed E-state index contributed by atoms with van der Waals surface area (Å²) < 4.78 is 0. The Labute approximate surface area is 103 Å². The summed E-state index contributed by atoms with van der Waals surface area (Å²) in [6.07, 6.45) is 1.90. The van der Waals surface area contributed by atoms with Crippen LogP contribution >= 0.6 is 11.3 Å². The van der Waals surface area contributed by atoms with Crippen LogP contribution in [0.4, 0.5) is 0 Å². The Morgan fingerprint density at radius 2 is 2.29 bits per heavy atom. The largest absolute Gasteiger partial charge is 0.481 e. The summed E-state index contributed by atoms with van der Waals surface area (Å²) in [5.74, 6) is -1.22. The standard InChI is InChI=1S/C11H14N2O3S/c1-6-9(17-5-12-6)10(14)13-8-3-2-7(4-8)11(15)16/h5,7-8H,2-4H2,1H3,(H,13,14)(H,15,16)/t7-,8+/m0/s1. The molecule has 1 aliphatic rings. The van der Waals surface area contributed by atoms with Crippen LogP contribution in [0.1, 0.15) is 34.6 Å². The lowest BCUT2D eigenvalue weighted by Gasteiger charge is -2.11. The fraction of sp³-hybridized carbons (Fsp3) is 0.545. The first-order valence-corrected chi connectivity index (χ1v) is 6.39. The molecule has 0 bridgehead atoms. The van der Waals surface area contributed by atoms with E-state index < -0.39 is 5.97 Å². The van der Waals surface area contributed by atoms with E-state index >= 15 is 0 Å². The Hall–Kier alpha value is -1.43. The number of carbonyl (C=O) groups is 2. The zero-order valence-electron chi connectivity index (χ0n) is 9.47. The first-order valence-electron chi connectivity index (χ1n) is 5.51. The lowest BCUT2D eigenvalue weighted by atomic mass is 10.1. The quantitative estimate of drug-likeness (QED) is 0.855. The highest BCUT2D eigenvalue weighted by Gasteiger charge is 2.31. The summed E-state index contributed by atoms with van der Waals surface area (Å²) in [5.41, 5.74) is 2.36. The van der Waals surface area contributed by atoms with Crippen LogP contribution in [0.25, 0.3) is 0 Å². The summed E-state index contributed by atoms with van der Waals surface area (Å²) in [6.45, 7) is 1.79. The second kappa shape index (κ2) is 4.83. The van der Waals surface area contributed by atoms with Crippen LogP contribution in [0.5, 0.6) is 0 Å². The van der Waals surface area contributed by atoms with E-state index in [0.29, 0.717) is 17.7 Å². The number of hydrogen-bond acceptors (Lipinski definition) is 4. The van der Waals surface area contributed by atoms with Crippen molar-refractivity contribution in [3.8, 4) is 0 Å². The van der Waals surface area contributed by atoms with Gasteiger partial charge in [-0.05, 0) is 26.2 Å². The molecule has 1 aromatic heterocycles. The number of rotatable bonds is 3. The molecule has 0 saturated heterocycles. The Balaban J connectivity index is 1.93. The third-order valence-corrected chi connectivity index (χ3v) is 4.00. The molecule has 1 aliphatic carbocycles. The van der Waals surface area contributed by atoms with Gasteiger partial charge < -0.3 is 10.4 Å². The molecule has 0 aromatic carbocycles. The van der Waals surface area contributed by atoms with Crippen molar-refractivity contribution in [3.05, 3.63) is 16.1 Å². The number of carboxylic acids is 1. The molecule has 5 nitrogen and oxygen atoms in total. The number of carbonyl (C=O) groups excluding carboxylic acids is 1. The third kappa shape index (κ3) is 2.63. The number of nitrogens with one attached hydrogen (secondary N) is 1. The van der Waals surface area contributed by atoms with Gasteiger partial charge in [-0.15, -0.1) is 11.3 Å². The highest BCUT2D eigenvalue weighted by molar-refractivity contribution is 7.11. The van der Waals surface area contributed by atoms with Gasteiger partial charge in [0.05, 0.1) is 17.1 Å². The van der Waals surface area contributed by atoms with Crippen LogP contribution in [0.2, 0.25) is 0 Å². The molecule has 1 amide bonds. The van der Waals surface area contributed by atoms with E-state index in [0.717, 1.165) is 12.1 Å². The van der Waals surface area contributed by atoms with Crippen LogP contribution in [0.15, 0.2) is 5.51 Å². The van der Waals surface area contributed by atoms with Crippen molar-refractivity contribution in [2.24, 2.45) is 5.92 Å². The van der Waals surface area contributed by atoms with E-state index in [9.17, 15) is 9.59 Å². The van der Waals surface area contributed by atoms with E-state index in [2.05, 4.69) is 10.3 Å². The maximum Gasteiger partial charge on any atom is 0.306 e. The number of aryl methyl sites for hydroxylation is 1. The monoisotopic (exact) mass is 254 g/mol. The predicted molar refractivity (Wildman–Crippen MR) is 63.1 cm³/mol. The molecule has 2 N–H and O–H groups in total. The molecule has 6 heteroatoms. The number of nitrogens with zero attached hydrogens (tertiary/aromatic N) is 1. The first-order chi connectivity index (χ1) is 8.08. The fourth-order valence-corrected chi connectivity index (χ4v) is 2.81. The van der Waals surface area contributed by atoms with Gasteiger partial charge >= 0.3 is 5.97 Å². The van der Waals surface area contributed by atoms with Crippen LogP contribution < -0.4 is 5.32 Å². The maximum atomic E-state index is 11.9. The van der Waals surface area contributed by atoms with Gasteiger partial charge in [0.25, 0.3) is 5.91 Å². The highest BCUT2D eigenvalue weighted by atomic mass is 32.1. The Morgan fingerprint density at radius 3 is 2.82 bits per heavy atom. The molecule has 92 valence electrons. The molecule has 0 radical (unpaired) electrons. The van der Waals surface area contributed by atoms with E-state index in [1.54, 1.807) is 12.4 Å². The van der Waals surface area contributed by atoms with Gasteiger partial charge in [0.1, 0.15) is 4.88 Å².